The first-order valence-electron chi connectivity index (χ1n) is 8.94. The van der Waals surface area contributed by atoms with Gasteiger partial charge < -0.3 is 25.2 Å². The number of guanidine groups is 1. The lowest BCUT2D eigenvalue weighted by atomic mass is 10.2. The number of rotatable bonds is 11. The van der Waals surface area contributed by atoms with Gasteiger partial charge in [0.25, 0.3) is 0 Å². The van der Waals surface area contributed by atoms with Crippen molar-refractivity contribution in [2.24, 2.45) is 4.99 Å². The highest BCUT2D eigenvalue weighted by Gasteiger charge is 2.30. The van der Waals surface area contributed by atoms with Crippen molar-refractivity contribution in [1.29, 1.82) is 0 Å². The molecule has 0 spiro atoms. The first kappa shape index (κ1) is 26.7. The SMILES string of the molecule is CCNC(=NCC(O)COc1cccc(C(F)(F)F)c1)NCCCOCC.I. The van der Waals surface area contributed by atoms with Crippen molar-refractivity contribution in [2.75, 3.05) is 39.5 Å². The third-order valence-corrected chi connectivity index (χ3v) is 3.37. The summed E-state index contributed by atoms with van der Waals surface area (Å²) in [6.07, 6.45) is -4.56. The molecule has 0 saturated heterocycles. The number of aliphatic imine (C=N–C) groups is 1. The summed E-state index contributed by atoms with van der Waals surface area (Å²) in [7, 11) is 0. The molecule has 0 fully saturated rings. The summed E-state index contributed by atoms with van der Waals surface area (Å²) < 4.78 is 48.5. The number of hydrogen-bond donors (Lipinski definition) is 3. The first-order valence-corrected chi connectivity index (χ1v) is 8.94. The monoisotopic (exact) mass is 519 g/mol. The van der Waals surface area contributed by atoms with Gasteiger partial charge >= 0.3 is 6.18 Å². The predicted octanol–water partition coefficient (Wildman–Crippen LogP) is 3.04. The molecule has 0 radical (unpaired) electrons. The number of alkyl halides is 3. The normalized spacial score (nSPS) is 12.9. The van der Waals surface area contributed by atoms with E-state index in [1.54, 1.807) is 0 Å². The number of aliphatic hydroxyl groups is 1. The Morgan fingerprint density at radius 3 is 2.64 bits per heavy atom. The van der Waals surface area contributed by atoms with Crippen molar-refractivity contribution < 1.29 is 27.8 Å². The molecule has 1 aromatic rings. The average Bonchev–Trinajstić information content (AvgIpc) is 2.63. The molecule has 1 unspecified atom stereocenters. The van der Waals surface area contributed by atoms with E-state index in [1.165, 1.54) is 12.1 Å². The Morgan fingerprint density at radius 1 is 1.25 bits per heavy atom. The van der Waals surface area contributed by atoms with Crippen LogP contribution < -0.4 is 15.4 Å². The molecular weight excluding hydrogens is 490 g/mol. The lowest BCUT2D eigenvalue weighted by molar-refractivity contribution is -0.137. The number of aliphatic hydroxyl groups excluding tert-OH is 1. The van der Waals surface area contributed by atoms with Gasteiger partial charge in [-0.25, -0.2) is 0 Å². The van der Waals surface area contributed by atoms with E-state index in [1.807, 2.05) is 13.8 Å². The molecule has 0 aliphatic heterocycles. The summed E-state index contributed by atoms with van der Waals surface area (Å²) in [5.74, 6) is 0.598. The Balaban J connectivity index is 0.00000729. The van der Waals surface area contributed by atoms with Crippen molar-refractivity contribution >= 4 is 29.9 Å². The van der Waals surface area contributed by atoms with Crippen LogP contribution in [-0.4, -0.2) is 56.6 Å². The zero-order valence-corrected chi connectivity index (χ0v) is 18.4. The van der Waals surface area contributed by atoms with Crippen molar-refractivity contribution in [3.8, 4) is 5.75 Å². The summed E-state index contributed by atoms with van der Waals surface area (Å²) in [6, 6.07) is 4.54. The van der Waals surface area contributed by atoms with Crippen molar-refractivity contribution in [2.45, 2.75) is 32.5 Å². The number of nitrogens with one attached hydrogen (secondary N) is 2. The van der Waals surface area contributed by atoms with E-state index in [9.17, 15) is 18.3 Å². The van der Waals surface area contributed by atoms with Gasteiger partial charge in [-0.1, -0.05) is 6.07 Å². The first-order chi connectivity index (χ1) is 12.9. The zero-order chi connectivity index (χ0) is 20.1. The van der Waals surface area contributed by atoms with Crippen LogP contribution in [0, 0.1) is 0 Å². The number of hydrogen-bond acceptors (Lipinski definition) is 4. The van der Waals surface area contributed by atoms with Crippen LogP contribution in [0.25, 0.3) is 0 Å². The molecule has 6 nitrogen and oxygen atoms in total. The highest BCUT2D eigenvalue weighted by Crippen LogP contribution is 2.31. The average molecular weight is 519 g/mol. The second kappa shape index (κ2) is 14.7. The molecule has 162 valence electrons. The second-order valence-corrected chi connectivity index (χ2v) is 5.69. The third-order valence-electron chi connectivity index (χ3n) is 3.37. The minimum absolute atomic E-state index is 0. The van der Waals surface area contributed by atoms with Crippen LogP contribution in [0.2, 0.25) is 0 Å². The van der Waals surface area contributed by atoms with Gasteiger partial charge in [0.05, 0.1) is 12.1 Å². The lowest BCUT2D eigenvalue weighted by Gasteiger charge is -2.14. The number of benzene rings is 1. The summed E-state index contributed by atoms with van der Waals surface area (Å²) in [6.45, 7) is 6.40. The van der Waals surface area contributed by atoms with Crippen molar-refractivity contribution in [3.63, 3.8) is 0 Å². The Labute approximate surface area is 180 Å². The molecule has 1 rings (SSSR count). The van der Waals surface area contributed by atoms with E-state index >= 15 is 0 Å². The standard InChI is InChI=1S/C18H28F3N3O3.HI/c1-3-22-17(23-9-6-10-26-4-2)24-12-15(25)13-27-16-8-5-7-14(11-16)18(19,20)21;/h5,7-8,11,15,25H,3-4,6,9-10,12-13H2,1-2H3,(H2,22,23,24);1H. The van der Waals surface area contributed by atoms with E-state index in [4.69, 9.17) is 9.47 Å². The molecule has 0 bridgehead atoms. The van der Waals surface area contributed by atoms with Gasteiger partial charge in [-0.2, -0.15) is 13.2 Å². The van der Waals surface area contributed by atoms with Crippen LogP contribution in [0.5, 0.6) is 5.75 Å². The molecule has 0 aliphatic rings. The quantitative estimate of drug-likeness (QED) is 0.182. The number of halogens is 4. The molecule has 0 saturated carbocycles. The Hall–Kier alpha value is -1.27. The minimum atomic E-state index is -4.43. The van der Waals surface area contributed by atoms with Gasteiger partial charge in [-0.05, 0) is 38.5 Å². The Morgan fingerprint density at radius 2 is 2.00 bits per heavy atom. The molecule has 1 aromatic carbocycles. The molecule has 10 heteroatoms. The molecular formula is C18H29F3IN3O3. The van der Waals surface area contributed by atoms with E-state index in [2.05, 4.69) is 15.6 Å². The van der Waals surface area contributed by atoms with Gasteiger partial charge in [0.2, 0.25) is 0 Å². The molecule has 0 amide bonds. The Kier molecular flexibility index (Phi) is 14.0. The van der Waals surface area contributed by atoms with Gasteiger partial charge in [0.1, 0.15) is 18.5 Å². The van der Waals surface area contributed by atoms with Gasteiger partial charge in [-0.3, -0.25) is 4.99 Å². The fourth-order valence-electron chi connectivity index (χ4n) is 2.07. The smallest absolute Gasteiger partial charge is 0.416 e. The molecule has 1 atom stereocenters. The fraction of sp³-hybridized carbons (Fsp3) is 0.611. The second-order valence-electron chi connectivity index (χ2n) is 5.69. The maximum atomic E-state index is 12.7. The van der Waals surface area contributed by atoms with E-state index < -0.39 is 17.8 Å². The molecule has 0 heterocycles. The molecule has 0 aliphatic carbocycles. The highest BCUT2D eigenvalue weighted by atomic mass is 127. The highest BCUT2D eigenvalue weighted by molar-refractivity contribution is 14.0. The summed E-state index contributed by atoms with van der Waals surface area (Å²) in [5.41, 5.74) is -0.793. The fourth-order valence-corrected chi connectivity index (χ4v) is 2.07. The largest absolute Gasteiger partial charge is 0.491 e. The number of ether oxygens (including phenoxy) is 2. The third kappa shape index (κ3) is 11.5. The summed E-state index contributed by atoms with van der Waals surface area (Å²) in [5, 5.41) is 16.1. The summed E-state index contributed by atoms with van der Waals surface area (Å²) >= 11 is 0. The molecule has 0 aromatic heterocycles. The van der Waals surface area contributed by atoms with E-state index in [-0.39, 0.29) is 42.9 Å². The van der Waals surface area contributed by atoms with Crippen LogP contribution in [0.1, 0.15) is 25.8 Å². The van der Waals surface area contributed by atoms with Crippen LogP contribution in [-0.2, 0) is 10.9 Å². The maximum absolute atomic E-state index is 12.7. The van der Waals surface area contributed by atoms with Crippen molar-refractivity contribution in [3.05, 3.63) is 29.8 Å². The lowest BCUT2D eigenvalue weighted by Crippen LogP contribution is -2.39. The van der Waals surface area contributed by atoms with Crippen molar-refractivity contribution in [1.82, 2.24) is 10.6 Å². The Bertz CT molecular complexity index is 574. The molecule has 3 N–H and O–H groups in total. The number of nitrogens with zero attached hydrogens (tertiary/aromatic N) is 1. The van der Waals surface area contributed by atoms with Gasteiger partial charge in [0.15, 0.2) is 5.96 Å². The van der Waals surface area contributed by atoms with Crippen LogP contribution >= 0.6 is 24.0 Å². The van der Waals surface area contributed by atoms with Crippen LogP contribution in [0.15, 0.2) is 29.3 Å². The maximum Gasteiger partial charge on any atom is 0.416 e. The zero-order valence-electron chi connectivity index (χ0n) is 16.1. The van der Waals surface area contributed by atoms with E-state index in [0.29, 0.717) is 32.3 Å². The topological polar surface area (TPSA) is 75.1 Å². The predicted molar refractivity (Wildman–Crippen MR) is 113 cm³/mol. The minimum Gasteiger partial charge on any atom is -0.491 e. The van der Waals surface area contributed by atoms with Crippen LogP contribution in [0.4, 0.5) is 13.2 Å². The summed E-state index contributed by atoms with van der Waals surface area (Å²) in [4.78, 5) is 4.24. The molecule has 28 heavy (non-hydrogen) atoms. The van der Waals surface area contributed by atoms with E-state index in [0.717, 1.165) is 18.6 Å². The van der Waals surface area contributed by atoms with Gasteiger partial charge in [-0.15, -0.1) is 24.0 Å². The van der Waals surface area contributed by atoms with Crippen LogP contribution in [0.3, 0.4) is 0 Å². The van der Waals surface area contributed by atoms with Gasteiger partial charge in [0, 0.05) is 26.3 Å².